The van der Waals surface area contributed by atoms with E-state index in [-0.39, 0.29) is 24.1 Å². The third-order valence-electron chi connectivity index (χ3n) is 3.58. The predicted octanol–water partition coefficient (Wildman–Crippen LogP) is 0.175. The molecule has 0 aliphatic heterocycles. The van der Waals surface area contributed by atoms with Crippen LogP contribution in [0.4, 0.5) is 4.79 Å². The van der Waals surface area contributed by atoms with Crippen LogP contribution in [-0.4, -0.2) is 67.0 Å². The molecule has 3 N–H and O–H groups in total. The minimum Gasteiger partial charge on any atom is -0.748 e. The van der Waals surface area contributed by atoms with Crippen LogP contribution in [0.2, 0.25) is 0 Å². The molecule has 0 fully saturated rings. The zero-order valence-corrected chi connectivity index (χ0v) is 18.1. The van der Waals surface area contributed by atoms with Gasteiger partial charge in [0.25, 0.3) is 12.6 Å². The van der Waals surface area contributed by atoms with Crippen LogP contribution < -0.4 is 9.88 Å². The van der Waals surface area contributed by atoms with Crippen molar-refractivity contribution >= 4 is 22.1 Å². The second-order valence-electron chi connectivity index (χ2n) is 6.57. The maximum atomic E-state index is 11.9. The Labute approximate surface area is 180 Å². The SMILES string of the molecule is CN(C)C(=O)c1ccc[n+](COC(=O)NCCc2ccc(O)c(O)c2)c1.CS(=O)(=O)[O-]. The Hall–Kier alpha value is -3.38. The van der Waals surface area contributed by atoms with E-state index in [1.165, 1.54) is 17.0 Å². The smallest absolute Gasteiger partial charge is 0.412 e. The Bertz CT molecular complexity index is 1000. The number of ether oxygens (including phenoxy) is 1. The zero-order valence-electron chi connectivity index (χ0n) is 17.3. The monoisotopic (exact) mass is 455 g/mol. The molecule has 170 valence electrons. The van der Waals surface area contributed by atoms with Crippen LogP contribution in [0.1, 0.15) is 15.9 Å². The number of phenols is 2. The van der Waals surface area contributed by atoms with Crippen LogP contribution in [-0.2, 0) is 28.0 Å². The van der Waals surface area contributed by atoms with Crippen LogP contribution in [0.3, 0.4) is 0 Å². The number of aromatic hydroxyl groups is 2. The Morgan fingerprint density at radius 1 is 1.19 bits per heavy atom. The van der Waals surface area contributed by atoms with Crippen LogP contribution in [0.25, 0.3) is 0 Å². The number of nitrogens with zero attached hydrogens (tertiary/aromatic N) is 2. The van der Waals surface area contributed by atoms with Gasteiger partial charge in [-0.25, -0.2) is 13.2 Å². The first-order valence-electron chi connectivity index (χ1n) is 8.90. The Balaban J connectivity index is 0.000000861. The van der Waals surface area contributed by atoms with Gasteiger partial charge in [-0.3, -0.25) is 4.79 Å². The molecule has 0 aliphatic carbocycles. The highest BCUT2D eigenvalue weighted by Crippen LogP contribution is 2.24. The van der Waals surface area contributed by atoms with Crippen LogP contribution in [0, 0.1) is 0 Å². The van der Waals surface area contributed by atoms with Crippen molar-refractivity contribution < 1.29 is 42.1 Å². The molecule has 0 spiro atoms. The van der Waals surface area contributed by atoms with Crippen molar-refractivity contribution in [1.82, 2.24) is 10.2 Å². The zero-order chi connectivity index (χ0) is 23.6. The number of pyridine rings is 1. The quantitative estimate of drug-likeness (QED) is 0.316. The van der Waals surface area contributed by atoms with E-state index in [1.54, 1.807) is 49.3 Å². The Morgan fingerprint density at radius 3 is 2.42 bits per heavy atom. The van der Waals surface area contributed by atoms with Gasteiger partial charge in [0.05, 0.1) is 10.1 Å². The molecule has 2 rings (SSSR count). The van der Waals surface area contributed by atoms with Crippen molar-refractivity contribution in [3.63, 3.8) is 0 Å². The van der Waals surface area contributed by atoms with E-state index in [2.05, 4.69) is 5.32 Å². The summed E-state index contributed by atoms with van der Waals surface area (Å²) in [5.74, 6) is -0.525. The molecule has 0 unspecified atom stereocenters. The lowest BCUT2D eigenvalue weighted by Crippen LogP contribution is -2.39. The largest absolute Gasteiger partial charge is 0.748 e. The number of rotatable bonds is 6. The average Bonchev–Trinajstić information content (AvgIpc) is 2.67. The summed E-state index contributed by atoms with van der Waals surface area (Å²) in [6.07, 6.45) is 3.79. The molecule has 0 radical (unpaired) electrons. The van der Waals surface area contributed by atoms with E-state index in [4.69, 9.17) is 17.7 Å². The number of alkyl carbamates (subject to hydrolysis) is 1. The average molecular weight is 455 g/mol. The normalized spacial score (nSPS) is 10.5. The molecule has 0 atom stereocenters. The fraction of sp³-hybridized carbons (Fsp3) is 0.316. The highest BCUT2D eigenvalue weighted by molar-refractivity contribution is 7.84. The predicted molar refractivity (Wildman–Crippen MR) is 108 cm³/mol. The lowest BCUT2D eigenvalue weighted by Gasteiger charge is -2.09. The molecule has 12 heteroatoms. The molecular weight excluding hydrogens is 430 g/mol. The number of carbonyl (C=O) groups excluding carboxylic acids is 2. The molecule has 0 saturated heterocycles. The van der Waals surface area contributed by atoms with E-state index in [1.807, 2.05) is 0 Å². The van der Waals surface area contributed by atoms with E-state index >= 15 is 0 Å². The number of hydrogen-bond donors (Lipinski definition) is 3. The van der Waals surface area contributed by atoms with Gasteiger partial charge in [0.2, 0.25) is 0 Å². The molecule has 11 nitrogen and oxygen atoms in total. The molecule has 0 aliphatic rings. The molecule has 2 amide bonds. The third-order valence-corrected chi connectivity index (χ3v) is 3.58. The van der Waals surface area contributed by atoms with Gasteiger partial charge in [0, 0.05) is 33.0 Å². The highest BCUT2D eigenvalue weighted by atomic mass is 32.2. The number of phenolic OH excluding ortho intramolecular Hbond substituents is 2. The van der Waals surface area contributed by atoms with Crippen molar-refractivity contribution in [2.24, 2.45) is 0 Å². The third kappa shape index (κ3) is 10.8. The van der Waals surface area contributed by atoms with Crippen molar-refractivity contribution in [2.75, 3.05) is 26.9 Å². The number of nitrogens with one attached hydrogen (secondary N) is 1. The fourth-order valence-corrected chi connectivity index (χ4v) is 2.20. The molecule has 31 heavy (non-hydrogen) atoms. The topological polar surface area (TPSA) is 160 Å². The van der Waals surface area contributed by atoms with Gasteiger partial charge < -0.3 is 29.7 Å². The van der Waals surface area contributed by atoms with Gasteiger partial charge >= 0.3 is 6.09 Å². The standard InChI is InChI=1S/C18H21N3O5.CH4O3S/c1-20(2)17(24)14-4-3-9-21(11-14)12-26-18(25)19-8-7-13-5-6-15(22)16(23)10-13;1-5(2,3)4/h3-6,9-11H,7-8,12H2,1-2H3,(H2-,19,22,23,25);1H3,(H,2,3,4). The summed E-state index contributed by atoms with van der Waals surface area (Å²) in [5.41, 5.74) is 1.26. The Morgan fingerprint density at radius 2 is 1.84 bits per heavy atom. The summed E-state index contributed by atoms with van der Waals surface area (Å²) < 4.78 is 33.9. The summed E-state index contributed by atoms with van der Waals surface area (Å²) in [5, 5.41) is 21.3. The van der Waals surface area contributed by atoms with E-state index < -0.39 is 16.2 Å². The van der Waals surface area contributed by atoms with Crippen molar-refractivity contribution in [3.8, 4) is 11.5 Å². The van der Waals surface area contributed by atoms with E-state index in [0.29, 0.717) is 24.8 Å². The van der Waals surface area contributed by atoms with Gasteiger partial charge in [-0.15, -0.1) is 0 Å². The van der Waals surface area contributed by atoms with E-state index in [9.17, 15) is 19.8 Å². The first kappa shape index (κ1) is 25.7. The van der Waals surface area contributed by atoms with Gasteiger partial charge in [-0.1, -0.05) is 6.07 Å². The van der Waals surface area contributed by atoms with Crippen molar-refractivity contribution in [3.05, 3.63) is 53.9 Å². The van der Waals surface area contributed by atoms with Crippen LogP contribution in [0.5, 0.6) is 11.5 Å². The number of carbonyl (C=O) groups is 2. The minimum absolute atomic E-state index is 0.0274. The minimum atomic E-state index is -3.92. The van der Waals surface area contributed by atoms with Crippen LogP contribution in [0.15, 0.2) is 42.7 Å². The summed E-state index contributed by atoms with van der Waals surface area (Å²) in [6, 6.07) is 7.87. The molecule has 1 aromatic carbocycles. The summed E-state index contributed by atoms with van der Waals surface area (Å²) in [7, 11) is -0.588. The molecule has 0 saturated carbocycles. The second kappa shape index (κ2) is 11.7. The lowest BCUT2D eigenvalue weighted by atomic mass is 10.1. The first-order chi connectivity index (χ1) is 14.4. The van der Waals surface area contributed by atoms with Crippen LogP contribution >= 0.6 is 0 Å². The Kier molecular flexibility index (Phi) is 9.70. The fourth-order valence-electron chi connectivity index (χ4n) is 2.20. The molecule has 0 bridgehead atoms. The van der Waals surface area contributed by atoms with Crippen molar-refractivity contribution in [2.45, 2.75) is 13.2 Å². The summed E-state index contributed by atoms with van der Waals surface area (Å²) in [4.78, 5) is 25.1. The highest BCUT2D eigenvalue weighted by Gasteiger charge is 2.13. The summed E-state index contributed by atoms with van der Waals surface area (Å²) >= 11 is 0. The maximum absolute atomic E-state index is 11.9. The van der Waals surface area contributed by atoms with Gasteiger partial charge in [-0.2, -0.15) is 4.57 Å². The van der Waals surface area contributed by atoms with Gasteiger partial charge in [-0.05, 0) is 30.2 Å². The lowest BCUT2D eigenvalue weighted by molar-refractivity contribution is -0.727. The van der Waals surface area contributed by atoms with Crippen molar-refractivity contribution in [1.29, 1.82) is 0 Å². The van der Waals surface area contributed by atoms with E-state index in [0.717, 1.165) is 5.56 Å². The molecular formula is C19H25N3O8S. The molecule has 1 aromatic heterocycles. The number of aromatic nitrogens is 1. The van der Waals surface area contributed by atoms with Gasteiger partial charge in [0.15, 0.2) is 23.9 Å². The number of amides is 2. The maximum Gasteiger partial charge on any atom is 0.412 e. The van der Waals surface area contributed by atoms with Gasteiger partial charge in [0.1, 0.15) is 5.56 Å². The second-order valence-corrected chi connectivity index (χ2v) is 7.98. The molecule has 1 heterocycles. The molecule has 2 aromatic rings. The summed E-state index contributed by atoms with van der Waals surface area (Å²) in [6.45, 7) is 0.285. The number of benzene rings is 1. The first-order valence-corrected chi connectivity index (χ1v) is 10.7. The number of hydrogen-bond acceptors (Lipinski definition) is 8.